The lowest BCUT2D eigenvalue weighted by Crippen LogP contribution is -2.65. The average molecular weight is 369 g/mol. The number of methoxy groups -OCH3 is 1. The van der Waals surface area contributed by atoms with Gasteiger partial charge < -0.3 is 14.6 Å². The van der Waals surface area contributed by atoms with Gasteiger partial charge in [-0.25, -0.2) is 0 Å². The summed E-state index contributed by atoms with van der Waals surface area (Å²) in [5, 5.41) is 16.1. The molecule has 2 bridgehead atoms. The lowest BCUT2D eigenvalue weighted by Gasteiger charge is -2.54. The number of nitrogens with zero attached hydrogens (tertiary/aromatic N) is 2. The molecule has 3 aliphatic carbocycles. The van der Waals surface area contributed by atoms with E-state index in [-0.39, 0.29) is 40.3 Å². The molecule has 0 aromatic heterocycles. The first-order chi connectivity index (χ1) is 12.9. The van der Waals surface area contributed by atoms with E-state index >= 15 is 0 Å². The van der Waals surface area contributed by atoms with E-state index in [1.165, 1.54) is 11.1 Å². The Hall–Kier alpha value is -2.12. The van der Waals surface area contributed by atoms with Crippen molar-refractivity contribution in [1.29, 1.82) is 0 Å². The highest BCUT2D eigenvalue weighted by Crippen LogP contribution is 2.77. The second-order valence-electron chi connectivity index (χ2n) is 8.93. The number of benzene rings is 1. The SMILES string of the molecule is CO[C@@]12CCC(/C=N/C(N)=[NH2+])[C@@H]3Oc4c(O)ccc5c4[C@@]31CC1(C5)C2N1C. The molecule has 27 heavy (non-hydrogen) atoms. The molecule has 2 spiro atoms. The van der Waals surface area contributed by atoms with Crippen molar-refractivity contribution in [2.45, 2.75) is 54.4 Å². The fourth-order valence-corrected chi connectivity index (χ4v) is 7.44. The molecule has 5 aliphatic rings. The quantitative estimate of drug-likeness (QED) is 0.365. The molecule has 7 nitrogen and oxygen atoms in total. The standard InChI is InChI=1S/C20H24N4O3/c1-24-16-18(24)7-10-3-4-12(25)14-13(10)19(9-18)15(27-14)11(8-23-17(21)22)5-6-20(16,19)26-2/h3-4,8,11,15-16,25H,5-7,9H2,1-2H3,(H3,21,22)/p+1/b23-8+/t11?,15-,16?,18?,19-,20+,24?/m0/s1. The Bertz CT molecular complexity index is 932. The summed E-state index contributed by atoms with van der Waals surface area (Å²) in [6.45, 7) is 0. The van der Waals surface area contributed by atoms with Crippen LogP contribution < -0.4 is 15.9 Å². The summed E-state index contributed by atoms with van der Waals surface area (Å²) in [7, 11) is 4.06. The Morgan fingerprint density at radius 1 is 1.52 bits per heavy atom. The maximum atomic E-state index is 10.6. The zero-order valence-electron chi connectivity index (χ0n) is 15.6. The Balaban J connectivity index is 1.61. The first kappa shape index (κ1) is 15.9. The molecule has 0 amide bonds. The van der Waals surface area contributed by atoms with Gasteiger partial charge in [-0.1, -0.05) is 11.1 Å². The molecule has 1 aromatic rings. The van der Waals surface area contributed by atoms with Crippen molar-refractivity contribution in [3.05, 3.63) is 23.3 Å². The van der Waals surface area contributed by atoms with E-state index in [1.54, 1.807) is 6.07 Å². The van der Waals surface area contributed by atoms with E-state index in [1.807, 2.05) is 13.3 Å². The summed E-state index contributed by atoms with van der Waals surface area (Å²) in [6, 6.07) is 4.22. The number of ether oxygens (including phenoxy) is 2. The van der Waals surface area contributed by atoms with Gasteiger partial charge in [-0.05, 0) is 44.4 Å². The van der Waals surface area contributed by atoms with Gasteiger partial charge in [0.15, 0.2) is 11.5 Å². The van der Waals surface area contributed by atoms with Crippen LogP contribution in [0.4, 0.5) is 0 Å². The van der Waals surface area contributed by atoms with Crippen LogP contribution in [0.3, 0.4) is 0 Å². The number of guanidine groups is 1. The number of rotatable bonds is 2. The number of nitrogens with two attached hydrogens (primary N) is 2. The zero-order chi connectivity index (χ0) is 18.8. The van der Waals surface area contributed by atoms with Crippen molar-refractivity contribution in [1.82, 2.24) is 4.90 Å². The predicted octanol–water partition coefficient (Wildman–Crippen LogP) is -0.657. The van der Waals surface area contributed by atoms with Crippen LogP contribution in [0.25, 0.3) is 0 Å². The summed E-state index contributed by atoms with van der Waals surface area (Å²) >= 11 is 0. The van der Waals surface area contributed by atoms with Gasteiger partial charge in [0.1, 0.15) is 6.10 Å². The summed E-state index contributed by atoms with van der Waals surface area (Å²) in [4.78, 5) is 6.68. The maximum Gasteiger partial charge on any atom is 0.379 e. The van der Waals surface area contributed by atoms with E-state index in [0.29, 0.717) is 11.8 Å². The molecule has 2 saturated carbocycles. The normalized spacial score (nSPS) is 47.5. The van der Waals surface area contributed by atoms with Crippen molar-refractivity contribution >= 4 is 12.2 Å². The number of hydrogen-bond donors (Lipinski definition) is 3. The average Bonchev–Trinajstić information content (AvgIpc) is 2.97. The number of piperidine rings is 1. The number of fused-ring (bicyclic) bond motifs is 1. The third-order valence-corrected chi connectivity index (χ3v) is 8.23. The molecule has 3 fully saturated rings. The first-order valence-corrected chi connectivity index (χ1v) is 9.63. The van der Waals surface area contributed by atoms with Crippen molar-refractivity contribution in [3.63, 3.8) is 0 Å². The smallest absolute Gasteiger partial charge is 0.379 e. The van der Waals surface area contributed by atoms with Gasteiger partial charge in [-0.15, -0.1) is 0 Å². The van der Waals surface area contributed by atoms with Gasteiger partial charge in [0.2, 0.25) is 0 Å². The molecule has 2 aliphatic heterocycles. The molecule has 7 atom stereocenters. The number of aliphatic imine (C=N–C) groups is 1. The molecule has 5 N–H and O–H groups in total. The summed E-state index contributed by atoms with van der Waals surface area (Å²) in [5.74, 6) is 0.993. The number of aromatic hydroxyl groups is 1. The monoisotopic (exact) mass is 369 g/mol. The molecule has 1 saturated heterocycles. The van der Waals surface area contributed by atoms with E-state index in [4.69, 9.17) is 20.6 Å². The van der Waals surface area contributed by atoms with Crippen molar-refractivity contribution in [3.8, 4) is 11.5 Å². The van der Waals surface area contributed by atoms with Gasteiger partial charge in [-0.2, -0.15) is 0 Å². The molecule has 2 heterocycles. The minimum absolute atomic E-state index is 0.0595. The van der Waals surface area contributed by atoms with Crippen molar-refractivity contribution in [2.24, 2.45) is 16.6 Å². The van der Waals surface area contributed by atoms with Crippen LogP contribution >= 0.6 is 0 Å². The predicted molar refractivity (Wildman–Crippen MR) is 98.9 cm³/mol. The lowest BCUT2D eigenvalue weighted by atomic mass is 9.55. The van der Waals surface area contributed by atoms with Gasteiger partial charge >= 0.3 is 5.96 Å². The fourth-order valence-electron chi connectivity index (χ4n) is 7.44. The molecule has 4 unspecified atom stereocenters. The third kappa shape index (κ3) is 1.45. The lowest BCUT2D eigenvalue weighted by molar-refractivity contribution is -0.136. The Kier molecular flexibility index (Phi) is 2.63. The summed E-state index contributed by atoms with van der Waals surface area (Å²) in [5.41, 5.74) is 7.59. The highest BCUT2D eigenvalue weighted by atomic mass is 16.5. The number of phenols is 1. The summed E-state index contributed by atoms with van der Waals surface area (Å²) < 4.78 is 12.9. The second kappa shape index (κ2) is 4.47. The van der Waals surface area contributed by atoms with E-state index < -0.39 is 0 Å². The molecule has 7 heteroatoms. The Labute approximate surface area is 157 Å². The minimum Gasteiger partial charge on any atom is -0.504 e. The van der Waals surface area contributed by atoms with Crippen LogP contribution in [-0.4, -0.2) is 59.6 Å². The van der Waals surface area contributed by atoms with Gasteiger partial charge in [-0.3, -0.25) is 16.0 Å². The van der Waals surface area contributed by atoms with Gasteiger partial charge in [0.05, 0.1) is 23.3 Å². The topological polar surface area (TPSA) is 106 Å². The van der Waals surface area contributed by atoms with Gasteiger partial charge in [0, 0.05) is 24.1 Å². The number of likely N-dealkylation sites (N-methyl/N-ethyl adjacent to an activating group) is 1. The van der Waals surface area contributed by atoms with E-state index in [9.17, 15) is 5.11 Å². The zero-order valence-corrected chi connectivity index (χ0v) is 15.6. The van der Waals surface area contributed by atoms with Crippen molar-refractivity contribution in [2.75, 3.05) is 14.2 Å². The maximum absolute atomic E-state index is 10.6. The number of phenolic OH excluding ortho intramolecular Hbond substituents is 1. The molecule has 1 aromatic carbocycles. The number of likely N-dealkylation sites (tertiary alicyclic amines) is 1. The summed E-state index contributed by atoms with van der Waals surface area (Å²) in [6.07, 6.45) is 5.51. The third-order valence-electron chi connectivity index (χ3n) is 8.23. The molecule has 6 rings (SSSR count). The highest BCUT2D eigenvalue weighted by Gasteiger charge is 2.88. The largest absolute Gasteiger partial charge is 0.504 e. The van der Waals surface area contributed by atoms with E-state index in [2.05, 4.69) is 23.0 Å². The minimum atomic E-state index is -0.307. The molecule has 142 valence electrons. The molecular formula is C20H25N4O3+. The highest BCUT2D eigenvalue weighted by molar-refractivity contribution is 5.83. The van der Waals surface area contributed by atoms with Crippen LogP contribution in [0.5, 0.6) is 11.5 Å². The number of hydrogen-bond acceptors (Lipinski definition) is 4. The Morgan fingerprint density at radius 2 is 2.33 bits per heavy atom. The molecule has 0 radical (unpaired) electrons. The second-order valence-corrected chi connectivity index (χ2v) is 8.93. The van der Waals surface area contributed by atoms with Crippen LogP contribution in [0.2, 0.25) is 0 Å². The van der Waals surface area contributed by atoms with Gasteiger partial charge in [0.25, 0.3) is 0 Å². The van der Waals surface area contributed by atoms with Crippen LogP contribution in [0.15, 0.2) is 17.1 Å². The van der Waals surface area contributed by atoms with Crippen LogP contribution in [0, 0.1) is 5.92 Å². The Morgan fingerprint density at radius 3 is 3.07 bits per heavy atom. The fraction of sp³-hybridized carbons (Fsp3) is 0.600. The van der Waals surface area contributed by atoms with Crippen LogP contribution in [0.1, 0.15) is 30.4 Å². The van der Waals surface area contributed by atoms with E-state index in [0.717, 1.165) is 25.7 Å². The first-order valence-electron chi connectivity index (χ1n) is 9.63. The van der Waals surface area contributed by atoms with Crippen molar-refractivity contribution < 1.29 is 20.0 Å². The van der Waals surface area contributed by atoms with Crippen LogP contribution in [-0.2, 0) is 16.6 Å². The molecular weight excluding hydrogens is 344 g/mol.